The van der Waals surface area contributed by atoms with Crippen LogP contribution in [-0.4, -0.2) is 39.5 Å². The van der Waals surface area contributed by atoms with Gasteiger partial charge in [0, 0.05) is 18.3 Å². The molecular weight excluding hydrogens is 318 g/mol. The molecule has 1 aromatic carbocycles. The van der Waals surface area contributed by atoms with E-state index in [9.17, 15) is 14.7 Å². The molecule has 1 aliphatic rings. The van der Waals surface area contributed by atoms with E-state index in [-0.39, 0.29) is 17.5 Å². The van der Waals surface area contributed by atoms with Gasteiger partial charge in [0.1, 0.15) is 6.04 Å². The number of carboxylic acids is 1. The van der Waals surface area contributed by atoms with Crippen LogP contribution in [0.1, 0.15) is 30.1 Å². The third kappa shape index (κ3) is 3.20. The molecule has 0 spiro atoms. The summed E-state index contributed by atoms with van der Waals surface area (Å²) >= 11 is 0. The number of nitrogens with two attached hydrogens (primary N) is 1. The van der Waals surface area contributed by atoms with Crippen LogP contribution in [0.2, 0.25) is 0 Å². The SMILES string of the molecule is CC1CCCN(C(=O)c2ccnc(-c3ccccc3)c2N)C1C(=O)O. The quantitative estimate of drug-likeness (QED) is 0.896. The van der Waals surface area contributed by atoms with E-state index < -0.39 is 12.0 Å². The molecule has 2 heterocycles. The first-order valence-corrected chi connectivity index (χ1v) is 8.34. The van der Waals surface area contributed by atoms with E-state index >= 15 is 0 Å². The van der Waals surface area contributed by atoms with Crippen molar-refractivity contribution in [3.8, 4) is 11.3 Å². The first-order chi connectivity index (χ1) is 12.0. The Hall–Kier alpha value is -2.89. The van der Waals surface area contributed by atoms with Crippen LogP contribution >= 0.6 is 0 Å². The van der Waals surface area contributed by atoms with Gasteiger partial charge in [-0.1, -0.05) is 37.3 Å². The number of nitrogens with zero attached hydrogens (tertiary/aromatic N) is 2. The van der Waals surface area contributed by atoms with E-state index in [1.54, 1.807) is 6.07 Å². The molecule has 130 valence electrons. The second kappa shape index (κ2) is 6.93. The number of carbonyl (C=O) groups excluding carboxylic acids is 1. The van der Waals surface area contributed by atoms with Gasteiger partial charge in [0.2, 0.25) is 0 Å². The first-order valence-electron chi connectivity index (χ1n) is 8.34. The monoisotopic (exact) mass is 339 g/mol. The zero-order valence-electron chi connectivity index (χ0n) is 14.1. The summed E-state index contributed by atoms with van der Waals surface area (Å²) in [6.45, 7) is 2.28. The average molecular weight is 339 g/mol. The lowest BCUT2D eigenvalue weighted by atomic mass is 9.90. The third-order valence-electron chi connectivity index (χ3n) is 4.71. The number of benzene rings is 1. The molecule has 0 bridgehead atoms. The summed E-state index contributed by atoms with van der Waals surface area (Å²) in [6.07, 6.45) is 3.12. The van der Waals surface area contributed by atoms with Gasteiger partial charge in [0.15, 0.2) is 0 Å². The molecule has 2 atom stereocenters. The minimum atomic E-state index is -0.975. The molecule has 1 aromatic heterocycles. The molecule has 1 fully saturated rings. The van der Waals surface area contributed by atoms with E-state index in [0.717, 1.165) is 18.4 Å². The molecule has 6 nitrogen and oxygen atoms in total. The van der Waals surface area contributed by atoms with Crippen LogP contribution in [-0.2, 0) is 4.79 Å². The van der Waals surface area contributed by atoms with Crippen LogP contribution < -0.4 is 5.73 Å². The second-order valence-electron chi connectivity index (χ2n) is 6.39. The van der Waals surface area contributed by atoms with Crippen LogP contribution in [0.4, 0.5) is 5.69 Å². The molecule has 2 aromatic rings. The maximum atomic E-state index is 13.0. The van der Waals surface area contributed by atoms with E-state index in [1.807, 2.05) is 37.3 Å². The van der Waals surface area contributed by atoms with Gasteiger partial charge in [-0.05, 0) is 24.8 Å². The molecule has 6 heteroatoms. The molecule has 1 amide bonds. The van der Waals surface area contributed by atoms with Crippen LogP contribution in [0.3, 0.4) is 0 Å². The molecule has 2 unspecified atom stereocenters. The van der Waals surface area contributed by atoms with Crippen LogP contribution in [0, 0.1) is 5.92 Å². The molecule has 0 aliphatic carbocycles. The number of carboxylic acid groups (broad SMARTS) is 1. The molecule has 25 heavy (non-hydrogen) atoms. The summed E-state index contributed by atoms with van der Waals surface area (Å²) in [4.78, 5) is 30.4. The highest BCUT2D eigenvalue weighted by Crippen LogP contribution is 2.30. The smallest absolute Gasteiger partial charge is 0.326 e. The number of hydrogen-bond donors (Lipinski definition) is 2. The van der Waals surface area contributed by atoms with Gasteiger partial charge in [-0.3, -0.25) is 9.78 Å². The molecule has 3 rings (SSSR count). The maximum absolute atomic E-state index is 13.0. The van der Waals surface area contributed by atoms with Crippen LogP contribution in [0.25, 0.3) is 11.3 Å². The van der Waals surface area contributed by atoms with Gasteiger partial charge in [-0.25, -0.2) is 4.79 Å². The zero-order valence-corrected chi connectivity index (χ0v) is 14.1. The summed E-state index contributed by atoms with van der Waals surface area (Å²) in [7, 11) is 0. The minimum Gasteiger partial charge on any atom is -0.480 e. The van der Waals surface area contributed by atoms with E-state index in [4.69, 9.17) is 5.73 Å². The topological polar surface area (TPSA) is 96.5 Å². The Morgan fingerprint density at radius 1 is 1.24 bits per heavy atom. The number of likely N-dealkylation sites (tertiary alicyclic amines) is 1. The second-order valence-corrected chi connectivity index (χ2v) is 6.39. The van der Waals surface area contributed by atoms with Crippen molar-refractivity contribution in [3.63, 3.8) is 0 Å². The predicted molar refractivity (Wildman–Crippen MR) is 94.9 cm³/mol. The fourth-order valence-electron chi connectivity index (χ4n) is 3.43. The first kappa shape index (κ1) is 17.0. The lowest BCUT2D eigenvalue weighted by molar-refractivity contribution is -0.145. The largest absolute Gasteiger partial charge is 0.480 e. The Labute approximate surface area is 146 Å². The van der Waals surface area contributed by atoms with Crippen molar-refractivity contribution in [3.05, 3.63) is 48.2 Å². The van der Waals surface area contributed by atoms with E-state index in [1.165, 1.54) is 11.1 Å². The van der Waals surface area contributed by atoms with Crippen LogP contribution in [0.5, 0.6) is 0 Å². The summed E-state index contributed by atoms with van der Waals surface area (Å²) in [5, 5.41) is 9.54. The van der Waals surface area contributed by atoms with Gasteiger partial charge >= 0.3 is 5.97 Å². The van der Waals surface area contributed by atoms with Crippen molar-refractivity contribution in [2.75, 3.05) is 12.3 Å². The fourth-order valence-corrected chi connectivity index (χ4v) is 3.43. The number of carbonyl (C=O) groups is 2. The van der Waals surface area contributed by atoms with Crippen molar-refractivity contribution in [2.24, 2.45) is 5.92 Å². The number of aromatic nitrogens is 1. The maximum Gasteiger partial charge on any atom is 0.326 e. The number of rotatable bonds is 3. The fraction of sp³-hybridized carbons (Fsp3) is 0.316. The Kier molecular flexibility index (Phi) is 4.70. The molecule has 0 saturated carbocycles. The van der Waals surface area contributed by atoms with Crippen molar-refractivity contribution in [1.29, 1.82) is 0 Å². The standard InChI is InChI=1S/C19H21N3O3/c1-12-6-5-11-22(17(12)19(24)25)18(23)14-9-10-21-16(15(14)20)13-7-3-2-4-8-13/h2-4,7-10,12,17H,5-6,11,20H2,1H3,(H,24,25). The molecule has 1 saturated heterocycles. The van der Waals surface area contributed by atoms with Crippen molar-refractivity contribution >= 4 is 17.6 Å². The summed E-state index contributed by atoms with van der Waals surface area (Å²) in [6, 6.07) is 10.1. The lowest BCUT2D eigenvalue weighted by Crippen LogP contribution is -2.52. The van der Waals surface area contributed by atoms with Crippen molar-refractivity contribution in [2.45, 2.75) is 25.8 Å². The van der Waals surface area contributed by atoms with E-state index in [0.29, 0.717) is 17.8 Å². The minimum absolute atomic E-state index is 0.0909. The van der Waals surface area contributed by atoms with Gasteiger partial charge < -0.3 is 15.7 Å². The Balaban J connectivity index is 1.99. The Bertz CT molecular complexity index is 792. The van der Waals surface area contributed by atoms with Crippen molar-refractivity contribution < 1.29 is 14.7 Å². The number of hydrogen-bond acceptors (Lipinski definition) is 4. The molecule has 0 radical (unpaired) electrons. The van der Waals surface area contributed by atoms with Gasteiger partial charge in [-0.15, -0.1) is 0 Å². The summed E-state index contributed by atoms with van der Waals surface area (Å²) in [5.74, 6) is -1.42. The molecule has 1 aliphatic heterocycles. The lowest BCUT2D eigenvalue weighted by Gasteiger charge is -2.37. The Morgan fingerprint density at radius 3 is 2.64 bits per heavy atom. The number of pyridine rings is 1. The Morgan fingerprint density at radius 2 is 1.96 bits per heavy atom. The number of anilines is 1. The highest BCUT2D eigenvalue weighted by Gasteiger charge is 2.38. The third-order valence-corrected chi connectivity index (χ3v) is 4.71. The molecule has 3 N–H and O–H groups in total. The number of piperidine rings is 1. The van der Waals surface area contributed by atoms with Crippen molar-refractivity contribution in [1.82, 2.24) is 9.88 Å². The normalized spacial score (nSPS) is 20.3. The number of aliphatic carboxylic acids is 1. The highest BCUT2D eigenvalue weighted by molar-refractivity contribution is 6.03. The van der Waals surface area contributed by atoms with Crippen LogP contribution in [0.15, 0.2) is 42.6 Å². The number of amides is 1. The molecular formula is C19H21N3O3. The van der Waals surface area contributed by atoms with Gasteiger partial charge in [0.05, 0.1) is 16.9 Å². The van der Waals surface area contributed by atoms with Gasteiger partial charge in [-0.2, -0.15) is 0 Å². The van der Waals surface area contributed by atoms with Gasteiger partial charge in [0.25, 0.3) is 5.91 Å². The average Bonchev–Trinajstić information content (AvgIpc) is 2.61. The van der Waals surface area contributed by atoms with E-state index in [2.05, 4.69) is 4.98 Å². The highest BCUT2D eigenvalue weighted by atomic mass is 16.4. The summed E-state index contributed by atoms with van der Waals surface area (Å²) in [5.41, 5.74) is 8.15. The zero-order chi connectivity index (χ0) is 18.0. The predicted octanol–water partition coefficient (Wildman–Crippen LogP) is 2.66. The number of nitrogen functional groups attached to an aromatic ring is 1. The summed E-state index contributed by atoms with van der Waals surface area (Å²) < 4.78 is 0.